The van der Waals surface area contributed by atoms with Crippen LogP contribution in [0.5, 0.6) is 0 Å². The van der Waals surface area contributed by atoms with Gasteiger partial charge in [0, 0.05) is 12.0 Å². The molecule has 0 bridgehead atoms. The molecule has 5 heteroatoms. The molecule has 106 valence electrons. The summed E-state index contributed by atoms with van der Waals surface area (Å²) in [5.41, 5.74) is 0.413. The molecule has 0 radical (unpaired) electrons. The molecule has 2 N–H and O–H groups in total. The van der Waals surface area contributed by atoms with E-state index in [-0.39, 0.29) is 23.7 Å². The van der Waals surface area contributed by atoms with Gasteiger partial charge in [-0.2, -0.15) is 0 Å². The predicted molar refractivity (Wildman–Crippen MR) is 74.0 cm³/mol. The van der Waals surface area contributed by atoms with E-state index in [0.717, 1.165) is 31.5 Å². The van der Waals surface area contributed by atoms with Crippen molar-refractivity contribution in [3.05, 3.63) is 11.6 Å². The third-order valence-electron chi connectivity index (χ3n) is 3.93. The maximum atomic E-state index is 12.1. The van der Waals surface area contributed by atoms with Crippen LogP contribution in [0, 0.1) is 5.41 Å². The van der Waals surface area contributed by atoms with Crippen LogP contribution in [-0.4, -0.2) is 27.1 Å². The van der Waals surface area contributed by atoms with Crippen molar-refractivity contribution in [2.45, 2.75) is 65.3 Å². The topological polar surface area (TPSA) is 70.7 Å². The third-order valence-corrected chi connectivity index (χ3v) is 3.93. The molecular weight excluding hydrogens is 240 g/mol. The van der Waals surface area contributed by atoms with Crippen LogP contribution >= 0.6 is 0 Å². The highest BCUT2D eigenvalue weighted by molar-refractivity contribution is 5.90. The van der Waals surface area contributed by atoms with Gasteiger partial charge in [0.15, 0.2) is 0 Å². The van der Waals surface area contributed by atoms with Gasteiger partial charge in [-0.05, 0) is 31.1 Å². The van der Waals surface area contributed by atoms with Crippen molar-refractivity contribution in [2.75, 3.05) is 0 Å². The van der Waals surface area contributed by atoms with Crippen molar-refractivity contribution in [1.29, 1.82) is 0 Å². The number of aromatic amines is 1. The van der Waals surface area contributed by atoms with E-state index in [9.17, 15) is 4.79 Å². The van der Waals surface area contributed by atoms with Crippen LogP contribution in [0.25, 0.3) is 0 Å². The summed E-state index contributed by atoms with van der Waals surface area (Å²) in [6, 6.07) is 0.265. The van der Waals surface area contributed by atoms with Crippen LogP contribution in [0.4, 0.5) is 0 Å². The van der Waals surface area contributed by atoms with Gasteiger partial charge in [-0.3, -0.25) is 9.89 Å². The standard InChI is InChI=1S/C14H24N4O/c1-9(2)11-16-12(18-17-11)13(19)15-10-5-7-14(3,4)8-6-10/h9-10H,5-8H2,1-4H3,(H,15,19)(H,16,17,18). The van der Waals surface area contributed by atoms with Crippen molar-refractivity contribution < 1.29 is 4.79 Å². The van der Waals surface area contributed by atoms with E-state index in [1.165, 1.54) is 0 Å². The molecule has 19 heavy (non-hydrogen) atoms. The van der Waals surface area contributed by atoms with E-state index in [1.807, 2.05) is 13.8 Å². The van der Waals surface area contributed by atoms with Gasteiger partial charge in [0.2, 0.25) is 5.82 Å². The van der Waals surface area contributed by atoms with Gasteiger partial charge in [0.05, 0.1) is 0 Å². The number of amides is 1. The number of nitrogens with one attached hydrogen (secondary N) is 2. The highest BCUT2D eigenvalue weighted by Gasteiger charge is 2.28. The Morgan fingerprint density at radius 1 is 1.37 bits per heavy atom. The Labute approximate surface area is 114 Å². The summed E-state index contributed by atoms with van der Waals surface area (Å²) in [5.74, 6) is 1.11. The highest BCUT2D eigenvalue weighted by atomic mass is 16.2. The molecule has 0 atom stereocenters. The second kappa shape index (κ2) is 5.31. The van der Waals surface area contributed by atoms with Crippen LogP contribution in [0.1, 0.15) is 75.7 Å². The molecule has 0 aromatic carbocycles. The fourth-order valence-electron chi connectivity index (χ4n) is 2.43. The first kappa shape index (κ1) is 14.0. The van der Waals surface area contributed by atoms with E-state index in [1.54, 1.807) is 0 Å². The molecule has 0 spiro atoms. The zero-order chi connectivity index (χ0) is 14.0. The summed E-state index contributed by atoms with van der Waals surface area (Å²) in [7, 11) is 0. The van der Waals surface area contributed by atoms with E-state index < -0.39 is 0 Å². The molecule has 2 rings (SSSR count). The highest BCUT2D eigenvalue weighted by Crippen LogP contribution is 2.34. The van der Waals surface area contributed by atoms with E-state index >= 15 is 0 Å². The van der Waals surface area contributed by atoms with Crippen LogP contribution in [-0.2, 0) is 0 Å². The van der Waals surface area contributed by atoms with Crippen LogP contribution in [0.2, 0.25) is 0 Å². The van der Waals surface area contributed by atoms with Crippen molar-refractivity contribution in [1.82, 2.24) is 20.5 Å². The Hall–Kier alpha value is -1.39. The Morgan fingerprint density at radius 2 is 2.00 bits per heavy atom. The fourth-order valence-corrected chi connectivity index (χ4v) is 2.43. The Bertz CT molecular complexity index is 440. The van der Waals surface area contributed by atoms with Crippen molar-refractivity contribution in [3.63, 3.8) is 0 Å². The molecular formula is C14H24N4O. The third kappa shape index (κ3) is 3.55. The Balaban J connectivity index is 1.90. The number of hydrogen-bond donors (Lipinski definition) is 2. The first-order valence-corrected chi connectivity index (χ1v) is 7.10. The summed E-state index contributed by atoms with van der Waals surface area (Å²) in [6.45, 7) is 8.61. The van der Waals surface area contributed by atoms with E-state index in [0.29, 0.717) is 5.41 Å². The summed E-state index contributed by atoms with van der Waals surface area (Å²) in [6.07, 6.45) is 4.40. The minimum Gasteiger partial charge on any atom is -0.347 e. The minimum atomic E-state index is -0.159. The van der Waals surface area contributed by atoms with Gasteiger partial charge in [-0.1, -0.05) is 27.7 Å². The lowest BCUT2D eigenvalue weighted by Gasteiger charge is -2.34. The number of nitrogens with zero attached hydrogens (tertiary/aromatic N) is 2. The number of aromatic nitrogens is 3. The van der Waals surface area contributed by atoms with E-state index in [2.05, 4.69) is 34.3 Å². The van der Waals surface area contributed by atoms with Gasteiger partial charge in [0.25, 0.3) is 5.91 Å². The first-order chi connectivity index (χ1) is 8.87. The van der Waals surface area contributed by atoms with Crippen molar-refractivity contribution in [2.24, 2.45) is 5.41 Å². The predicted octanol–water partition coefficient (Wildman–Crippen LogP) is 2.63. The van der Waals surface area contributed by atoms with Gasteiger partial charge >= 0.3 is 0 Å². The SMILES string of the molecule is CC(C)c1nc(C(=O)NC2CCC(C)(C)CC2)n[nH]1. The minimum absolute atomic E-state index is 0.159. The zero-order valence-corrected chi connectivity index (χ0v) is 12.3. The smallest absolute Gasteiger partial charge is 0.291 e. The summed E-state index contributed by atoms with van der Waals surface area (Å²) in [4.78, 5) is 16.3. The number of rotatable bonds is 3. The summed E-state index contributed by atoms with van der Waals surface area (Å²) in [5, 5.41) is 9.84. The number of carbonyl (C=O) groups excluding carboxylic acids is 1. The van der Waals surface area contributed by atoms with Gasteiger partial charge < -0.3 is 5.32 Å². The number of hydrogen-bond acceptors (Lipinski definition) is 3. The molecule has 1 fully saturated rings. The average Bonchev–Trinajstić information content (AvgIpc) is 2.81. The largest absolute Gasteiger partial charge is 0.347 e. The molecule has 1 aromatic heterocycles. The second-order valence-electron chi connectivity index (χ2n) is 6.61. The lowest BCUT2D eigenvalue weighted by Crippen LogP contribution is -2.39. The molecule has 1 aromatic rings. The average molecular weight is 264 g/mol. The van der Waals surface area contributed by atoms with Crippen LogP contribution < -0.4 is 5.32 Å². The lowest BCUT2D eigenvalue weighted by molar-refractivity contribution is 0.0899. The molecule has 1 saturated carbocycles. The lowest BCUT2D eigenvalue weighted by atomic mass is 9.75. The molecule has 0 saturated heterocycles. The quantitative estimate of drug-likeness (QED) is 0.881. The molecule has 0 unspecified atom stereocenters. The van der Waals surface area contributed by atoms with Crippen LogP contribution in [0.3, 0.4) is 0 Å². The number of carbonyl (C=O) groups is 1. The molecule has 1 heterocycles. The Morgan fingerprint density at radius 3 is 2.53 bits per heavy atom. The maximum Gasteiger partial charge on any atom is 0.291 e. The van der Waals surface area contributed by atoms with Crippen molar-refractivity contribution in [3.8, 4) is 0 Å². The summed E-state index contributed by atoms with van der Waals surface area (Å²) < 4.78 is 0. The maximum absolute atomic E-state index is 12.1. The fraction of sp³-hybridized carbons (Fsp3) is 0.786. The summed E-state index contributed by atoms with van der Waals surface area (Å²) >= 11 is 0. The molecule has 0 aliphatic heterocycles. The first-order valence-electron chi connectivity index (χ1n) is 7.10. The molecule has 1 aliphatic carbocycles. The molecule has 1 aliphatic rings. The second-order valence-corrected chi connectivity index (χ2v) is 6.61. The monoisotopic (exact) mass is 264 g/mol. The van der Waals surface area contributed by atoms with Crippen molar-refractivity contribution >= 4 is 5.91 Å². The molecule has 5 nitrogen and oxygen atoms in total. The zero-order valence-electron chi connectivity index (χ0n) is 12.3. The van der Waals surface area contributed by atoms with Gasteiger partial charge in [-0.25, -0.2) is 4.98 Å². The van der Waals surface area contributed by atoms with Gasteiger partial charge in [-0.15, -0.1) is 5.10 Å². The van der Waals surface area contributed by atoms with Gasteiger partial charge in [0.1, 0.15) is 5.82 Å². The Kier molecular flexibility index (Phi) is 3.92. The number of H-pyrrole nitrogens is 1. The van der Waals surface area contributed by atoms with Crippen LogP contribution in [0.15, 0.2) is 0 Å². The normalized spacial score (nSPS) is 19.6. The van der Waals surface area contributed by atoms with E-state index in [4.69, 9.17) is 0 Å². The molecule has 1 amide bonds.